The van der Waals surface area contributed by atoms with Gasteiger partial charge in [0.1, 0.15) is 0 Å². The van der Waals surface area contributed by atoms with Crippen molar-refractivity contribution < 1.29 is 19.2 Å². The number of amides is 4. The van der Waals surface area contributed by atoms with E-state index < -0.39 is 29.0 Å². The van der Waals surface area contributed by atoms with Crippen LogP contribution in [0.3, 0.4) is 0 Å². The summed E-state index contributed by atoms with van der Waals surface area (Å²) in [6.07, 6.45) is -0.295. The van der Waals surface area contributed by atoms with Crippen molar-refractivity contribution in [1.29, 1.82) is 0 Å². The molecule has 0 radical (unpaired) electrons. The zero-order chi connectivity index (χ0) is 14.7. The fraction of sp³-hybridized carbons (Fsp3) is 0.231. The highest BCUT2D eigenvalue weighted by molar-refractivity contribution is 6.32. The van der Waals surface area contributed by atoms with Gasteiger partial charge in [-0.05, 0) is 17.7 Å². The molecule has 0 aromatic heterocycles. The number of hydrogen-bond donors (Lipinski definition) is 1. The van der Waals surface area contributed by atoms with Gasteiger partial charge < -0.3 is 0 Å². The van der Waals surface area contributed by atoms with Gasteiger partial charge in [0.05, 0.1) is 6.42 Å². The van der Waals surface area contributed by atoms with Gasteiger partial charge in [-0.15, -0.1) is 0 Å². The lowest BCUT2D eigenvalue weighted by atomic mass is 9.73. The predicted molar refractivity (Wildman–Crippen MR) is 68.0 cm³/mol. The van der Waals surface area contributed by atoms with Gasteiger partial charge in [-0.3, -0.25) is 29.4 Å². The van der Waals surface area contributed by atoms with Crippen LogP contribution in [0.1, 0.15) is 22.3 Å². The molecule has 3 rings (SSSR count). The van der Waals surface area contributed by atoms with Crippen LogP contribution in [-0.4, -0.2) is 35.6 Å². The number of nitrogens with zero attached hydrogens (tertiary/aromatic N) is 1. The van der Waals surface area contributed by atoms with Crippen molar-refractivity contribution in [2.24, 2.45) is 0 Å². The first kappa shape index (κ1) is 12.8. The van der Waals surface area contributed by atoms with Crippen LogP contribution >= 0.6 is 11.6 Å². The molecule has 7 heteroatoms. The number of carbonyl (C=O) groups is 4. The molecule has 0 aliphatic carbocycles. The molecule has 1 saturated heterocycles. The van der Waals surface area contributed by atoms with Gasteiger partial charge in [-0.1, -0.05) is 17.7 Å². The van der Waals surface area contributed by atoms with E-state index in [9.17, 15) is 19.2 Å². The number of imide groups is 2. The SMILES string of the molecule is CN1C(=O)c2cc(Cl)ccc2C2(CC(=O)NC2=O)C1=O. The highest BCUT2D eigenvalue weighted by Gasteiger charge is 2.59. The Morgan fingerprint density at radius 3 is 2.55 bits per heavy atom. The Labute approximate surface area is 118 Å². The second-order valence-corrected chi connectivity index (χ2v) is 5.26. The van der Waals surface area contributed by atoms with E-state index in [1.54, 1.807) is 0 Å². The molecule has 6 nitrogen and oxygen atoms in total. The standard InChI is InChI=1S/C13H9ClN2O4/c1-16-10(18)7-4-6(14)2-3-8(7)13(12(16)20)5-9(17)15-11(13)19/h2-4H,5H2,1H3,(H,15,17,19). The zero-order valence-corrected chi connectivity index (χ0v) is 11.2. The molecule has 1 aromatic carbocycles. The number of nitrogens with one attached hydrogen (secondary N) is 1. The molecule has 102 valence electrons. The van der Waals surface area contributed by atoms with Crippen LogP contribution in [-0.2, 0) is 19.8 Å². The van der Waals surface area contributed by atoms with E-state index in [4.69, 9.17) is 11.6 Å². The molecular weight excluding hydrogens is 284 g/mol. The normalized spacial score (nSPS) is 25.2. The molecule has 1 fully saturated rings. The zero-order valence-electron chi connectivity index (χ0n) is 10.4. The van der Waals surface area contributed by atoms with E-state index >= 15 is 0 Å². The van der Waals surface area contributed by atoms with Gasteiger partial charge in [-0.25, -0.2) is 0 Å². The van der Waals surface area contributed by atoms with Crippen LogP contribution in [0, 0.1) is 0 Å². The Balaban J connectivity index is 2.34. The minimum Gasteiger partial charge on any atom is -0.295 e. The Morgan fingerprint density at radius 2 is 1.95 bits per heavy atom. The Bertz CT molecular complexity index is 700. The van der Waals surface area contributed by atoms with Crippen molar-refractivity contribution >= 4 is 35.2 Å². The molecule has 0 bridgehead atoms. The van der Waals surface area contributed by atoms with Crippen molar-refractivity contribution in [3.8, 4) is 0 Å². The summed E-state index contributed by atoms with van der Waals surface area (Å²) in [7, 11) is 1.28. The molecular formula is C13H9ClN2O4. The topological polar surface area (TPSA) is 83.6 Å². The van der Waals surface area contributed by atoms with Crippen molar-refractivity contribution in [3.05, 3.63) is 34.3 Å². The second kappa shape index (κ2) is 3.89. The van der Waals surface area contributed by atoms with E-state index in [1.807, 2.05) is 0 Å². The van der Waals surface area contributed by atoms with Gasteiger partial charge >= 0.3 is 0 Å². The summed E-state index contributed by atoms with van der Waals surface area (Å²) in [4.78, 5) is 49.1. The molecule has 1 unspecified atom stereocenters. The summed E-state index contributed by atoms with van der Waals surface area (Å²) in [5.74, 6) is -2.46. The number of rotatable bonds is 0. The Hall–Kier alpha value is -2.21. The van der Waals surface area contributed by atoms with Gasteiger partial charge in [0.2, 0.25) is 17.7 Å². The lowest BCUT2D eigenvalue weighted by Crippen LogP contribution is -2.56. The summed E-state index contributed by atoms with van der Waals surface area (Å²) < 4.78 is 0. The predicted octanol–water partition coefficient (Wildman–Crippen LogP) is 0.236. The largest absolute Gasteiger partial charge is 0.295 e. The van der Waals surface area contributed by atoms with Gasteiger partial charge in [0.15, 0.2) is 5.41 Å². The Morgan fingerprint density at radius 1 is 1.25 bits per heavy atom. The summed E-state index contributed by atoms with van der Waals surface area (Å²) in [6.45, 7) is 0. The average molecular weight is 293 g/mol. The van der Waals surface area contributed by atoms with Crippen molar-refractivity contribution in [2.45, 2.75) is 11.8 Å². The average Bonchev–Trinajstić information content (AvgIpc) is 2.70. The summed E-state index contributed by atoms with van der Waals surface area (Å²) in [6, 6.07) is 4.35. The third-order valence-electron chi connectivity index (χ3n) is 3.71. The minimum atomic E-state index is -1.65. The summed E-state index contributed by atoms with van der Waals surface area (Å²) in [5, 5.41) is 2.45. The molecule has 2 aliphatic rings. The molecule has 0 saturated carbocycles. The maximum Gasteiger partial charge on any atom is 0.260 e. The molecule has 1 atom stereocenters. The van der Waals surface area contributed by atoms with Crippen LogP contribution in [0.15, 0.2) is 18.2 Å². The highest BCUT2D eigenvalue weighted by atomic mass is 35.5. The van der Waals surface area contributed by atoms with E-state index in [-0.39, 0.29) is 17.5 Å². The summed E-state index contributed by atoms with van der Waals surface area (Å²) in [5.41, 5.74) is -1.25. The third-order valence-corrected chi connectivity index (χ3v) is 3.95. The van der Waals surface area contributed by atoms with Crippen LogP contribution in [0.4, 0.5) is 0 Å². The number of carbonyl (C=O) groups excluding carboxylic acids is 4. The molecule has 2 heterocycles. The minimum absolute atomic E-state index is 0.171. The Kier molecular flexibility index (Phi) is 2.49. The van der Waals surface area contributed by atoms with Crippen molar-refractivity contribution in [1.82, 2.24) is 10.2 Å². The van der Waals surface area contributed by atoms with E-state index in [0.29, 0.717) is 5.02 Å². The molecule has 20 heavy (non-hydrogen) atoms. The summed E-state index contributed by atoms with van der Waals surface area (Å²) >= 11 is 5.86. The second-order valence-electron chi connectivity index (χ2n) is 4.82. The lowest BCUT2D eigenvalue weighted by molar-refractivity contribution is -0.140. The van der Waals surface area contributed by atoms with E-state index in [0.717, 1.165) is 4.90 Å². The maximum atomic E-state index is 12.4. The lowest BCUT2D eigenvalue weighted by Gasteiger charge is -2.35. The van der Waals surface area contributed by atoms with Gasteiger partial charge in [0, 0.05) is 17.6 Å². The fourth-order valence-electron chi connectivity index (χ4n) is 2.73. The van der Waals surface area contributed by atoms with Gasteiger partial charge in [0.25, 0.3) is 5.91 Å². The first-order valence-electron chi connectivity index (χ1n) is 5.85. The van der Waals surface area contributed by atoms with Crippen LogP contribution in [0.25, 0.3) is 0 Å². The number of halogens is 1. The maximum absolute atomic E-state index is 12.4. The van der Waals surface area contributed by atoms with Crippen molar-refractivity contribution in [2.75, 3.05) is 7.05 Å². The van der Waals surface area contributed by atoms with Crippen LogP contribution in [0.5, 0.6) is 0 Å². The first-order valence-corrected chi connectivity index (χ1v) is 6.22. The van der Waals surface area contributed by atoms with E-state index in [1.165, 1.54) is 25.2 Å². The smallest absolute Gasteiger partial charge is 0.260 e. The monoisotopic (exact) mass is 292 g/mol. The van der Waals surface area contributed by atoms with Gasteiger partial charge in [-0.2, -0.15) is 0 Å². The third kappa shape index (κ3) is 1.39. The number of likely N-dealkylation sites (N-methyl/N-ethyl adjacent to an activating group) is 1. The molecule has 1 N–H and O–H groups in total. The molecule has 1 spiro atoms. The number of hydrogen-bond acceptors (Lipinski definition) is 4. The van der Waals surface area contributed by atoms with Crippen molar-refractivity contribution in [3.63, 3.8) is 0 Å². The van der Waals surface area contributed by atoms with Crippen LogP contribution in [0.2, 0.25) is 5.02 Å². The number of benzene rings is 1. The molecule has 1 aromatic rings. The quantitative estimate of drug-likeness (QED) is 0.548. The van der Waals surface area contributed by atoms with E-state index in [2.05, 4.69) is 5.32 Å². The molecule has 4 amide bonds. The first-order chi connectivity index (χ1) is 9.37. The molecule has 2 aliphatic heterocycles. The fourth-order valence-corrected chi connectivity index (χ4v) is 2.90. The number of fused-ring (bicyclic) bond motifs is 2. The highest BCUT2D eigenvalue weighted by Crippen LogP contribution is 2.40. The van der Waals surface area contributed by atoms with Crippen LogP contribution < -0.4 is 5.32 Å².